The topological polar surface area (TPSA) is 38.3 Å². The van der Waals surface area contributed by atoms with Crippen molar-refractivity contribution >= 4 is 27.5 Å². The smallest absolute Gasteiger partial charge is 0.265 e. The zero-order valence-corrected chi connectivity index (χ0v) is 15.7. The highest BCUT2D eigenvalue weighted by Gasteiger charge is 2.17. The normalized spacial score (nSPS) is 11.9. The molecule has 0 saturated heterocycles. The number of hydrogen-bond acceptors (Lipinski definition) is 2. The van der Waals surface area contributed by atoms with Crippen molar-refractivity contribution in [3.63, 3.8) is 0 Å². The van der Waals surface area contributed by atoms with E-state index in [4.69, 9.17) is 4.74 Å². The van der Waals surface area contributed by atoms with E-state index in [1.807, 2.05) is 52.0 Å². The third kappa shape index (κ3) is 4.35. The Morgan fingerprint density at radius 3 is 2.43 bits per heavy atom. The van der Waals surface area contributed by atoms with Gasteiger partial charge in [0.15, 0.2) is 6.10 Å². The van der Waals surface area contributed by atoms with Crippen LogP contribution in [0.1, 0.15) is 29.2 Å². The summed E-state index contributed by atoms with van der Waals surface area (Å²) in [7, 11) is 0. The van der Waals surface area contributed by atoms with Crippen molar-refractivity contribution in [1.29, 1.82) is 0 Å². The lowest BCUT2D eigenvalue weighted by Gasteiger charge is -2.18. The molecule has 0 bridgehead atoms. The maximum absolute atomic E-state index is 12.3. The predicted octanol–water partition coefficient (Wildman–Crippen LogP) is 5.09. The van der Waals surface area contributed by atoms with Crippen LogP contribution < -0.4 is 10.1 Å². The van der Waals surface area contributed by atoms with Crippen LogP contribution in [-0.4, -0.2) is 12.0 Å². The zero-order chi connectivity index (χ0) is 17.1. The van der Waals surface area contributed by atoms with Crippen molar-refractivity contribution in [2.45, 2.75) is 40.7 Å². The Balaban J connectivity index is 2.10. The van der Waals surface area contributed by atoms with Gasteiger partial charge in [0.05, 0.1) is 0 Å². The number of amides is 1. The Kier molecular flexibility index (Phi) is 5.47. The fourth-order valence-corrected chi connectivity index (χ4v) is 2.58. The van der Waals surface area contributed by atoms with Gasteiger partial charge in [-0.1, -0.05) is 22.0 Å². The monoisotopic (exact) mass is 375 g/mol. The van der Waals surface area contributed by atoms with Crippen molar-refractivity contribution in [3.8, 4) is 5.75 Å². The van der Waals surface area contributed by atoms with Gasteiger partial charge in [0.2, 0.25) is 0 Å². The third-order valence-corrected chi connectivity index (χ3v) is 4.75. The Labute approximate surface area is 146 Å². The maximum atomic E-state index is 12.3. The van der Waals surface area contributed by atoms with Crippen molar-refractivity contribution < 1.29 is 9.53 Å². The first-order valence-corrected chi connectivity index (χ1v) is 8.38. The van der Waals surface area contributed by atoms with Crippen LogP contribution in [0.25, 0.3) is 0 Å². The van der Waals surface area contributed by atoms with Crippen LogP contribution in [0.2, 0.25) is 0 Å². The van der Waals surface area contributed by atoms with Crippen molar-refractivity contribution in [3.05, 3.63) is 57.1 Å². The molecule has 3 nitrogen and oxygen atoms in total. The second-order valence-electron chi connectivity index (χ2n) is 5.92. The van der Waals surface area contributed by atoms with E-state index in [-0.39, 0.29) is 5.91 Å². The molecule has 0 aliphatic rings. The number of halogens is 1. The zero-order valence-electron chi connectivity index (χ0n) is 14.2. The van der Waals surface area contributed by atoms with Gasteiger partial charge in [0.25, 0.3) is 5.91 Å². The number of aryl methyl sites for hydroxylation is 3. The highest BCUT2D eigenvalue weighted by molar-refractivity contribution is 9.10. The molecule has 2 rings (SSSR count). The number of rotatable bonds is 4. The molecule has 122 valence electrons. The van der Waals surface area contributed by atoms with E-state index in [0.717, 1.165) is 38.2 Å². The second kappa shape index (κ2) is 7.18. The van der Waals surface area contributed by atoms with E-state index in [2.05, 4.69) is 27.3 Å². The van der Waals surface area contributed by atoms with Crippen molar-refractivity contribution in [1.82, 2.24) is 0 Å². The minimum Gasteiger partial charge on any atom is -0.481 e. The number of nitrogens with one attached hydrogen (secondary N) is 1. The van der Waals surface area contributed by atoms with E-state index >= 15 is 0 Å². The van der Waals surface area contributed by atoms with E-state index in [9.17, 15) is 4.79 Å². The Bertz CT molecular complexity index is 740. The molecule has 0 spiro atoms. The first-order valence-electron chi connectivity index (χ1n) is 7.59. The molecule has 0 aromatic heterocycles. The van der Waals surface area contributed by atoms with Gasteiger partial charge in [-0.25, -0.2) is 0 Å². The quantitative estimate of drug-likeness (QED) is 0.807. The minimum atomic E-state index is -0.571. The predicted molar refractivity (Wildman–Crippen MR) is 98.3 cm³/mol. The lowest BCUT2D eigenvalue weighted by atomic mass is 10.1. The van der Waals surface area contributed by atoms with Gasteiger partial charge in [-0.05, 0) is 81.1 Å². The summed E-state index contributed by atoms with van der Waals surface area (Å²) < 4.78 is 6.89. The third-order valence-electron chi connectivity index (χ3n) is 3.86. The van der Waals surface area contributed by atoms with Crippen molar-refractivity contribution in [2.24, 2.45) is 0 Å². The van der Waals surface area contributed by atoms with Gasteiger partial charge in [-0.15, -0.1) is 0 Å². The van der Waals surface area contributed by atoms with Crippen LogP contribution in [-0.2, 0) is 4.79 Å². The molecule has 0 heterocycles. The van der Waals surface area contributed by atoms with Crippen LogP contribution in [0.4, 0.5) is 5.69 Å². The van der Waals surface area contributed by atoms with Crippen LogP contribution in [0.3, 0.4) is 0 Å². The molecule has 1 amide bonds. The van der Waals surface area contributed by atoms with Gasteiger partial charge in [-0.3, -0.25) is 4.79 Å². The van der Waals surface area contributed by atoms with Gasteiger partial charge >= 0.3 is 0 Å². The summed E-state index contributed by atoms with van der Waals surface area (Å²) in [6.07, 6.45) is -0.571. The SMILES string of the molecule is Cc1cc(C)c(C)c(O[C@@H](C)C(=O)Nc2ccc(Br)c(C)c2)c1. The summed E-state index contributed by atoms with van der Waals surface area (Å²) in [5.74, 6) is 0.599. The van der Waals surface area contributed by atoms with E-state index in [1.165, 1.54) is 0 Å². The Morgan fingerprint density at radius 2 is 1.78 bits per heavy atom. The molecule has 0 aliphatic carbocycles. The number of anilines is 1. The molecule has 1 N–H and O–H groups in total. The fourth-order valence-electron chi connectivity index (χ4n) is 2.33. The molecule has 2 aromatic carbocycles. The minimum absolute atomic E-state index is 0.162. The highest BCUT2D eigenvalue weighted by atomic mass is 79.9. The highest BCUT2D eigenvalue weighted by Crippen LogP contribution is 2.25. The largest absolute Gasteiger partial charge is 0.481 e. The van der Waals surface area contributed by atoms with Gasteiger partial charge in [0.1, 0.15) is 5.75 Å². The van der Waals surface area contributed by atoms with E-state index < -0.39 is 6.10 Å². The number of benzene rings is 2. The van der Waals surface area contributed by atoms with Crippen molar-refractivity contribution in [2.75, 3.05) is 5.32 Å². The standard InChI is InChI=1S/C19H22BrNO2/c1-11-8-12(2)14(4)18(9-11)23-15(5)19(22)21-16-6-7-17(20)13(3)10-16/h6-10,15H,1-5H3,(H,21,22)/t15-/m0/s1. The first kappa shape index (κ1) is 17.5. The summed E-state index contributed by atoms with van der Waals surface area (Å²) in [4.78, 5) is 12.3. The molecule has 0 radical (unpaired) electrons. The summed E-state index contributed by atoms with van der Waals surface area (Å²) in [5.41, 5.74) is 5.19. The molecule has 2 aromatic rings. The molecule has 23 heavy (non-hydrogen) atoms. The summed E-state index contributed by atoms with van der Waals surface area (Å²) in [6.45, 7) is 9.82. The first-order chi connectivity index (χ1) is 10.8. The number of carbonyl (C=O) groups excluding carboxylic acids is 1. The van der Waals surface area contributed by atoms with Crippen LogP contribution in [0.15, 0.2) is 34.8 Å². The average Bonchev–Trinajstić information content (AvgIpc) is 2.48. The number of hydrogen-bond donors (Lipinski definition) is 1. The number of ether oxygens (including phenoxy) is 1. The Hall–Kier alpha value is -1.81. The average molecular weight is 376 g/mol. The van der Waals surface area contributed by atoms with Crippen LogP contribution >= 0.6 is 15.9 Å². The van der Waals surface area contributed by atoms with Gasteiger partial charge in [0, 0.05) is 10.2 Å². The molecule has 0 fully saturated rings. The maximum Gasteiger partial charge on any atom is 0.265 e. The molecular weight excluding hydrogens is 354 g/mol. The van der Waals surface area contributed by atoms with Gasteiger partial charge in [-0.2, -0.15) is 0 Å². The summed E-state index contributed by atoms with van der Waals surface area (Å²) in [5, 5.41) is 2.89. The van der Waals surface area contributed by atoms with E-state index in [0.29, 0.717) is 0 Å². The van der Waals surface area contributed by atoms with Crippen LogP contribution in [0, 0.1) is 27.7 Å². The molecule has 0 saturated carbocycles. The van der Waals surface area contributed by atoms with Crippen LogP contribution in [0.5, 0.6) is 5.75 Å². The molecule has 4 heteroatoms. The fraction of sp³-hybridized carbons (Fsp3) is 0.316. The van der Waals surface area contributed by atoms with Gasteiger partial charge < -0.3 is 10.1 Å². The molecule has 0 aliphatic heterocycles. The van der Waals surface area contributed by atoms with E-state index in [1.54, 1.807) is 6.92 Å². The lowest BCUT2D eigenvalue weighted by Crippen LogP contribution is -2.30. The molecule has 0 unspecified atom stereocenters. The molecule has 1 atom stereocenters. The second-order valence-corrected chi connectivity index (χ2v) is 6.77. The Morgan fingerprint density at radius 1 is 1.09 bits per heavy atom. The molecular formula is C19H22BrNO2. The number of carbonyl (C=O) groups is 1. The summed E-state index contributed by atoms with van der Waals surface area (Å²) >= 11 is 3.45. The lowest BCUT2D eigenvalue weighted by molar-refractivity contribution is -0.122. The summed E-state index contributed by atoms with van der Waals surface area (Å²) in [6, 6.07) is 9.79.